The van der Waals surface area contributed by atoms with Crippen molar-refractivity contribution in [1.29, 1.82) is 5.26 Å². The fourth-order valence-corrected chi connectivity index (χ4v) is 7.47. The van der Waals surface area contributed by atoms with E-state index in [2.05, 4.69) is 24.8 Å². The number of amides is 1. The SMILES string of the molecule is CCn1c(N2CC(C)CC(C)C2)c(/C=C2\SC(=S)N(c3c(C)n(C)n(-c4ccccc4)c3=O)C2=O)c(C)c(C#N)c1=O. The third-order valence-corrected chi connectivity index (χ3v) is 9.45. The van der Waals surface area contributed by atoms with Crippen LogP contribution in [-0.4, -0.2) is 37.2 Å². The lowest BCUT2D eigenvalue weighted by molar-refractivity contribution is -0.113. The molecule has 2 unspecified atom stereocenters. The molecule has 2 aromatic heterocycles. The van der Waals surface area contributed by atoms with E-state index in [4.69, 9.17) is 12.2 Å². The summed E-state index contributed by atoms with van der Waals surface area (Å²) in [5, 5.41) is 9.92. The highest BCUT2D eigenvalue weighted by Crippen LogP contribution is 2.39. The summed E-state index contributed by atoms with van der Waals surface area (Å²) in [6, 6.07) is 11.3. The van der Waals surface area contributed by atoms with Gasteiger partial charge < -0.3 is 4.90 Å². The maximum Gasteiger partial charge on any atom is 0.296 e. The van der Waals surface area contributed by atoms with Gasteiger partial charge in [-0.15, -0.1) is 0 Å². The molecule has 2 atom stereocenters. The Balaban J connectivity index is 1.67. The van der Waals surface area contributed by atoms with Crippen LogP contribution in [0.5, 0.6) is 0 Å². The average Bonchev–Trinajstić information content (AvgIpc) is 3.34. The summed E-state index contributed by atoms with van der Waals surface area (Å²) in [6.07, 6.45) is 2.83. The smallest absolute Gasteiger partial charge is 0.296 e. The Labute approximate surface area is 254 Å². The van der Waals surface area contributed by atoms with Crippen molar-refractivity contribution in [2.24, 2.45) is 18.9 Å². The molecule has 0 aliphatic carbocycles. The zero-order valence-electron chi connectivity index (χ0n) is 24.7. The van der Waals surface area contributed by atoms with Crippen molar-refractivity contribution in [2.45, 2.75) is 47.6 Å². The maximum atomic E-state index is 14.0. The van der Waals surface area contributed by atoms with Gasteiger partial charge in [0.25, 0.3) is 17.0 Å². The number of thioether (sulfide) groups is 1. The third kappa shape index (κ3) is 4.82. The van der Waals surface area contributed by atoms with Gasteiger partial charge in [0.05, 0.1) is 16.3 Å². The van der Waals surface area contributed by atoms with Crippen LogP contribution in [0.3, 0.4) is 0 Å². The Morgan fingerprint density at radius 3 is 2.31 bits per heavy atom. The number of rotatable bonds is 5. The van der Waals surface area contributed by atoms with Gasteiger partial charge in [0.1, 0.15) is 23.1 Å². The first-order chi connectivity index (χ1) is 20.0. The summed E-state index contributed by atoms with van der Waals surface area (Å²) in [4.78, 5) is 45.0. The minimum Gasteiger partial charge on any atom is -0.357 e. The molecular formula is C31H34N6O3S2. The van der Waals surface area contributed by atoms with Gasteiger partial charge in [0.2, 0.25) is 0 Å². The highest BCUT2D eigenvalue weighted by molar-refractivity contribution is 8.27. The summed E-state index contributed by atoms with van der Waals surface area (Å²) in [7, 11) is 1.77. The van der Waals surface area contributed by atoms with Gasteiger partial charge >= 0.3 is 0 Å². The molecule has 2 aliphatic heterocycles. The second kappa shape index (κ2) is 11.4. The van der Waals surface area contributed by atoms with E-state index in [9.17, 15) is 19.6 Å². The standard InChI is InChI=1S/C31H34N6O3S2/c1-7-35-27(34-16-18(2)13-19(3)17-34)23(20(4)24(15-32)28(35)38)14-25-29(39)36(31(41)42-25)26-21(5)33(6)37(30(26)40)22-11-9-8-10-12-22/h8-12,14,18-19H,7,13,16-17H2,1-6H3/b25-14-. The number of anilines is 2. The molecule has 2 fully saturated rings. The van der Waals surface area contributed by atoms with Crippen LogP contribution in [0, 0.1) is 37.0 Å². The lowest BCUT2D eigenvalue weighted by Crippen LogP contribution is -2.42. The topological polar surface area (TPSA) is 96.3 Å². The minimum atomic E-state index is -0.408. The van der Waals surface area contributed by atoms with Crippen molar-refractivity contribution < 1.29 is 4.79 Å². The largest absolute Gasteiger partial charge is 0.357 e. The zero-order chi connectivity index (χ0) is 30.5. The van der Waals surface area contributed by atoms with Crippen molar-refractivity contribution >= 4 is 51.8 Å². The van der Waals surface area contributed by atoms with Gasteiger partial charge in [0, 0.05) is 32.2 Å². The lowest BCUT2D eigenvalue weighted by Gasteiger charge is -2.38. The van der Waals surface area contributed by atoms with Crippen LogP contribution in [-0.2, 0) is 18.4 Å². The number of benzene rings is 1. The fourth-order valence-electron chi connectivity index (χ4n) is 6.22. The molecule has 42 heavy (non-hydrogen) atoms. The molecule has 0 radical (unpaired) electrons. The lowest BCUT2D eigenvalue weighted by atomic mass is 9.91. The predicted molar refractivity (Wildman–Crippen MR) is 172 cm³/mol. The summed E-state index contributed by atoms with van der Waals surface area (Å²) in [5.74, 6) is 1.15. The van der Waals surface area contributed by atoms with E-state index in [1.54, 1.807) is 36.2 Å². The number of para-hydroxylation sites is 1. The molecule has 3 aromatic rings. The minimum absolute atomic E-state index is 0.0603. The molecule has 0 bridgehead atoms. The Morgan fingerprint density at radius 1 is 1.07 bits per heavy atom. The van der Waals surface area contributed by atoms with Crippen molar-refractivity contribution in [3.8, 4) is 11.8 Å². The number of aromatic nitrogens is 3. The second-order valence-electron chi connectivity index (χ2n) is 11.2. The summed E-state index contributed by atoms with van der Waals surface area (Å²) >= 11 is 6.79. The van der Waals surface area contributed by atoms with Gasteiger partial charge in [-0.25, -0.2) is 4.68 Å². The normalized spacial score (nSPS) is 20.1. The summed E-state index contributed by atoms with van der Waals surface area (Å²) < 4.78 is 5.13. The second-order valence-corrected chi connectivity index (χ2v) is 12.9. The van der Waals surface area contributed by atoms with E-state index in [-0.39, 0.29) is 26.7 Å². The van der Waals surface area contributed by atoms with Crippen LogP contribution in [0.1, 0.15) is 49.6 Å². The molecular weight excluding hydrogens is 569 g/mol. The first-order valence-corrected chi connectivity index (χ1v) is 15.3. The Hall–Kier alpha value is -3.88. The van der Waals surface area contributed by atoms with Crippen LogP contribution in [0.25, 0.3) is 11.8 Å². The fraction of sp³-hybridized carbons (Fsp3) is 0.387. The van der Waals surface area contributed by atoms with Crippen molar-refractivity contribution in [3.05, 3.63) is 78.3 Å². The molecule has 5 rings (SSSR count). The van der Waals surface area contributed by atoms with Crippen molar-refractivity contribution in [1.82, 2.24) is 13.9 Å². The number of hydrogen-bond donors (Lipinski definition) is 0. The first kappa shape index (κ1) is 29.6. The molecule has 9 nitrogen and oxygen atoms in total. The number of carbonyl (C=O) groups excluding carboxylic acids is 1. The number of thiocarbonyl (C=S) groups is 1. The number of pyridine rings is 1. The number of nitriles is 1. The molecule has 1 aromatic carbocycles. The molecule has 218 valence electrons. The van der Waals surface area contributed by atoms with E-state index in [0.717, 1.165) is 31.3 Å². The number of nitrogens with zero attached hydrogens (tertiary/aromatic N) is 6. The molecule has 0 saturated carbocycles. The van der Waals surface area contributed by atoms with Gasteiger partial charge in [-0.3, -0.25) is 28.5 Å². The van der Waals surface area contributed by atoms with Crippen molar-refractivity contribution in [3.63, 3.8) is 0 Å². The van der Waals surface area contributed by atoms with Crippen molar-refractivity contribution in [2.75, 3.05) is 22.9 Å². The average molecular weight is 603 g/mol. The molecule has 1 amide bonds. The Kier molecular flexibility index (Phi) is 8.05. The van der Waals surface area contributed by atoms with E-state index < -0.39 is 5.91 Å². The zero-order valence-corrected chi connectivity index (χ0v) is 26.3. The monoisotopic (exact) mass is 602 g/mol. The molecule has 4 heterocycles. The summed E-state index contributed by atoms with van der Waals surface area (Å²) in [6.45, 7) is 11.7. The quantitative estimate of drug-likeness (QED) is 0.308. The van der Waals surface area contributed by atoms with E-state index in [1.165, 1.54) is 9.58 Å². The molecule has 11 heteroatoms. The molecule has 2 aliphatic rings. The Bertz CT molecular complexity index is 1780. The van der Waals surface area contributed by atoms with E-state index in [1.807, 2.05) is 37.3 Å². The number of piperidine rings is 1. The first-order valence-electron chi connectivity index (χ1n) is 14.0. The van der Waals surface area contributed by atoms with Gasteiger partial charge in [0.15, 0.2) is 4.32 Å². The highest BCUT2D eigenvalue weighted by Gasteiger charge is 2.38. The predicted octanol–water partition coefficient (Wildman–Crippen LogP) is 4.73. The molecule has 0 N–H and O–H groups in total. The van der Waals surface area contributed by atoms with Crippen LogP contribution in [0.15, 0.2) is 44.8 Å². The third-order valence-electron chi connectivity index (χ3n) is 8.15. The highest BCUT2D eigenvalue weighted by atomic mass is 32.2. The van der Waals surface area contributed by atoms with Crippen LogP contribution in [0.4, 0.5) is 11.5 Å². The summed E-state index contributed by atoms with van der Waals surface area (Å²) in [5.41, 5.74) is 2.05. The van der Waals surface area contributed by atoms with E-state index >= 15 is 0 Å². The molecule has 0 spiro atoms. The van der Waals surface area contributed by atoms with Crippen LogP contribution in [0.2, 0.25) is 0 Å². The van der Waals surface area contributed by atoms with Gasteiger partial charge in [-0.05, 0) is 62.8 Å². The van der Waals surface area contributed by atoms with E-state index in [0.29, 0.717) is 51.6 Å². The molecule has 2 saturated heterocycles. The van der Waals surface area contributed by atoms with Gasteiger partial charge in [-0.2, -0.15) is 5.26 Å². The number of hydrogen-bond acceptors (Lipinski definition) is 7. The van der Waals surface area contributed by atoms with Gasteiger partial charge in [-0.1, -0.05) is 56.0 Å². The Morgan fingerprint density at radius 2 is 1.71 bits per heavy atom. The van der Waals surface area contributed by atoms with Crippen LogP contribution < -0.4 is 20.9 Å². The number of carbonyl (C=O) groups is 1. The van der Waals surface area contributed by atoms with Crippen LogP contribution >= 0.6 is 24.0 Å². The maximum absolute atomic E-state index is 14.0.